The average Bonchev–Trinajstić information content (AvgIpc) is 1.83. The summed E-state index contributed by atoms with van der Waals surface area (Å²) < 4.78 is 0. The summed E-state index contributed by atoms with van der Waals surface area (Å²) in [6.45, 7) is 8.45. The van der Waals surface area contributed by atoms with E-state index in [2.05, 4.69) is 4.85 Å². The fraction of sp³-hybridized carbons (Fsp3) is 0.667. The molecular formula is C6H8N2. The zero-order valence-corrected chi connectivity index (χ0v) is 4.89. The zero-order valence-electron chi connectivity index (χ0n) is 4.89. The molecule has 0 heterocycles. The van der Waals surface area contributed by atoms with Crippen molar-refractivity contribution in [1.29, 1.82) is 5.26 Å². The lowest BCUT2D eigenvalue weighted by molar-refractivity contribution is 0.756. The Hall–Kier alpha value is -1.02. The standard InChI is InChI=1S/C6H8N2/c1-3-6(8-2)4-5-7/h6H,3-4H2,1H3. The van der Waals surface area contributed by atoms with Gasteiger partial charge in [-0.05, 0) is 0 Å². The van der Waals surface area contributed by atoms with Crippen molar-refractivity contribution in [1.82, 2.24) is 0 Å². The Balaban J connectivity index is 3.45. The zero-order chi connectivity index (χ0) is 6.41. The summed E-state index contributed by atoms with van der Waals surface area (Å²) in [7, 11) is 0. The van der Waals surface area contributed by atoms with E-state index in [1.54, 1.807) is 0 Å². The van der Waals surface area contributed by atoms with E-state index in [9.17, 15) is 0 Å². The van der Waals surface area contributed by atoms with Crippen LogP contribution in [0.4, 0.5) is 0 Å². The molecule has 2 nitrogen and oxygen atoms in total. The van der Waals surface area contributed by atoms with Gasteiger partial charge in [0.1, 0.15) is 6.42 Å². The molecule has 1 unspecified atom stereocenters. The number of nitriles is 1. The normalized spacial score (nSPS) is 11.4. The molecule has 0 aromatic heterocycles. The predicted octanol–water partition coefficient (Wildman–Crippen LogP) is 1.60. The Morgan fingerprint density at radius 3 is 2.62 bits per heavy atom. The number of hydrogen-bond donors (Lipinski definition) is 0. The molecule has 0 fully saturated rings. The van der Waals surface area contributed by atoms with E-state index in [-0.39, 0.29) is 6.04 Å². The van der Waals surface area contributed by atoms with Gasteiger partial charge in [-0.2, -0.15) is 5.26 Å². The second-order valence-corrected chi connectivity index (χ2v) is 1.55. The highest BCUT2D eigenvalue weighted by molar-refractivity contribution is 4.86. The summed E-state index contributed by atoms with van der Waals surface area (Å²) in [5.74, 6) is 0. The van der Waals surface area contributed by atoms with Crippen LogP contribution in [0.15, 0.2) is 0 Å². The van der Waals surface area contributed by atoms with Gasteiger partial charge in [-0.25, -0.2) is 6.57 Å². The van der Waals surface area contributed by atoms with E-state index in [4.69, 9.17) is 11.8 Å². The first-order valence-electron chi connectivity index (χ1n) is 2.58. The molecule has 0 aromatic rings. The minimum Gasteiger partial charge on any atom is -0.313 e. The third-order valence-electron chi connectivity index (χ3n) is 0.981. The Morgan fingerprint density at radius 1 is 1.88 bits per heavy atom. The van der Waals surface area contributed by atoms with Crippen LogP contribution in [0.5, 0.6) is 0 Å². The maximum Gasteiger partial charge on any atom is 0.236 e. The van der Waals surface area contributed by atoms with Crippen LogP contribution in [0, 0.1) is 17.9 Å². The van der Waals surface area contributed by atoms with Crippen molar-refractivity contribution in [2.24, 2.45) is 0 Å². The SMILES string of the molecule is [C-]#[N+]C(CC)CC#N. The fourth-order valence-corrected chi connectivity index (χ4v) is 0.387. The molecule has 0 saturated carbocycles. The molecule has 0 aliphatic heterocycles. The Morgan fingerprint density at radius 2 is 2.50 bits per heavy atom. The van der Waals surface area contributed by atoms with E-state index in [0.717, 1.165) is 6.42 Å². The molecule has 2 heteroatoms. The molecule has 0 amide bonds. The molecule has 0 aliphatic rings. The first kappa shape index (κ1) is 6.98. The van der Waals surface area contributed by atoms with Crippen LogP contribution < -0.4 is 0 Å². The van der Waals surface area contributed by atoms with Gasteiger partial charge in [-0.3, -0.25) is 0 Å². The number of rotatable bonds is 2. The fourth-order valence-electron chi connectivity index (χ4n) is 0.387. The number of nitrogens with zero attached hydrogens (tertiary/aromatic N) is 2. The van der Waals surface area contributed by atoms with Crippen molar-refractivity contribution in [3.05, 3.63) is 11.4 Å². The van der Waals surface area contributed by atoms with Crippen molar-refractivity contribution in [3.8, 4) is 6.07 Å². The van der Waals surface area contributed by atoms with Crippen LogP contribution in [0.2, 0.25) is 0 Å². The maximum atomic E-state index is 8.11. The van der Waals surface area contributed by atoms with Gasteiger partial charge in [0.2, 0.25) is 6.04 Å². The molecule has 0 spiro atoms. The molecule has 0 aromatic carbocycles. The molecule has 0 aliphatic carbocycles. The monoisotopic (exact) mass is 108 g/mol. The van der Waals surface area contributed by atoms with Crippen molar-refractivity contribution >= 4 is 0 Å². The van der Waals surface area contributed by atoms with Crippen LogP contribution in [0.1, 0.15) is 19.8 Å². The van der Waals surface area contributed by atoms with Crippen molar-refractivity contribution in [2.45, 2.75) is 25.8 Å². The predicted molar refractivity (Wildman–Crippen MR) is 30.9 cm³/mol. The van der Waals surface area contributed by atoms with Crippen molar-refractivity contribution in [2.75, 3.05) is 0 Å². The summed E-state index contributed by atoms with van der Waals surface area (Å²) in [5.41, 5.74) is 0. The third kappa shape index (κ3) is 2.21. The maximum absolute atomic E-state index is 8.11. The lowest BCUT2D eigenvalue weighted by Gasteiger charge is -1.90. The van der Waals surface area contributed by atoms with E-state index >= 15 is 0 Å². The van der Waals surface area contributed by atoms with Gasteiger partial charge in [-0.15, -0.1) is 0 Å². The van der Waals surface area contributed by atoms with Crippen molar-refractivity contribution in [3.63, 3.8) is 0 Å². The van der Waals surface area contributed by atoms with Crippen LogP contribution in [0.3, 0.4) is 0 Å². The average molecular weight is 108 g/mol. The van der Waals surface area contributed by atoms with E-state index < -0.39 is 0 Å². The first-order valence-corrected chi connectivity index (χ1v) is 2.58. The smallest absolute Gasteiger partial charge is 0.236 e. The quantitative estimate of drug-likeness (QED) is 0.494. The Labute approximate surface area is 49.6 Å². The van der Waals surface area contributed by atoms with Gasteiger partial charge in [0, 0.05) is 6.42 Å². The number of hydrogen-bond acceptors (Lipinski definition) is 1. The highest BCUT2D eigenvalue weighted by Gasteiger charge is 2.05. The second kappa shape index (κ2) is 4.15. The molecule has 0 radical (unpaired) electrons. The third-order valence-corrected chi connectivity index (χ3v) is 0.981. The van der Waals surface area contributed by atoms with Gasteiger partial charge in [0.15, 0.2) is 0 Å². The summed E-state index contributed by atoms with van der Waals surface area (Å²) >= 11 is 0. The Kier molecular flexibility index (Phi) is 3.62. The molecule has 1 atom stereocenters. The molecule has 0 rings (SSSR count). The molecule has 0 N–H and O–H groups in total. The van der Waals surface area contributed by atoms with Crippen LogP contribution in [-0.2, 0) is 0 Å². The largest absolute Gasteiger partial charge is 0.313 e. The van der Waals surface area contributed by atoms with E-state index in [1.807, 2.05) is 13.0 Å². The first-order chi connectivity index (χ1) is 3.85. The van der Waals surface area contributed by atoms with Gasteiger partial charge >= 0.3 is 0 Å². The van der Waals surface area contributed by atoms with Gasteiger partial charge in [0.25, 0.3) is 0 Å². The van der Waals surface area contributed by atoms with E-state index in [0.29, 0.717) is 6.42 Å². The van der Waals surface area contributed by atoms with Gasteiger partial charge in [0.05, 0.1) is 6.07 Å². The molecule has 0 bridgehead atoms. The topological polar surface area (TPSA) is 28.1 Å². The Bertz CT molecular complexity index is 126. The van der Waals surface area contributed by atoms with Crippen LogP contribution in [-0.4, -0.2) is 6.04 Å². The summed E-state index contributed by atoms with van der Waals surface area (Å²) in [6.07, 6.45) is 1.16. The molecule has 42 valence electrons. The molecule has 0 saturated heterocycles. The lowest BCUT2D eigenvalue weighted by atomic mass is 10.2. The lowest BCUT2D eigenvalue weighted by Crippen LogP contribution is -1.95. The highest BCUT2D eigenvalue weighted by Crippen LogP contribution is 1.99. The minimum absolute atomic E-state index is 0.0694. The summed E-state index contributed by atoms with van der Waals surface area (Å²) in [5, 5.41) is 8.11. The minimum atomic E-state index is -0.0694. The van der Waals surface area contributed by atoms with Crippen LogP contribution in [0.25, 0.3) is 4.85 Å². The van der Waals surface area contributed by atoms with Crippen molar-refractivity contribution < 1.29 is 0 Å². The van der Waals surface area contributed by atoms with Gasteiger partial charge in [-0.1, -0.05) is 6.92 Å². The summed E-state index contributed by atoms with van der Waals surface area (Å²) in [6, 6.07) is 1.89. The highest BCUT2D eigenvalue weighted by atomic mass is 14.7. The van der Waals surface area contributed by atoms with Gasteiger partial charge < -0.3 is 4.85 Å². The second-order valence-electron chi connectivity index (χ2n) is 1.55. The van der Waals surface area contributed by atoms with Crippen LogP contribution >= 0.6 is 0 Å². The summed E-state index contributed by atoms with van der Waals surface area (Å²) in [4.78, 5) is 3.22. The molecular weight excluding hydrogens is 100 g/mol. The van der Waals surface area contributed by atoms with E-state index in [1.165, 1.54) is 0 Å². The molecule has 8 heavy (non-hydrogen) atoms.